The van der Waals surface area contributed by atoms with Gasteiger partial charge in [0.05, 0.1) is 29.0 Å². The fraction of sp³-hybridized carbons (Fsp3) is 0.0769. The van der Waals surface area contributed by atoms with Crippen molar-refractivity contribution in [3.63, 3.8) is 0 Å². The molecule has 2 rings (SSSR count). The molecule has 0 unspecified atom stereocenters. The van der Waals surface area contributed by atoms with E-state index in [9.17, 15) is 4.79 Å². The summed E-state index contributed by atoms with van der Waals surface area (Å²) >= 11 is 9.03. The Kier molecular flexibility index (Phi) is 4.46. The normalized spacial score (nSPS) is 10.2. The first-order valence-electron chi connectivity index (χ1n) is 5.57. The number of nitrogens with one attached hydrogen (secondary N) is 1. The molecule has 0 aliphatic carbocycles. The Morgan fingerprint density at radius 1 is 1.45 bits per heavy atom. The van der Waals surface area contributed by atoms with Gasteiger partial charge in [0.15, 0.2) is 0 Å². The third-order valence-electron chi connectivity index (χ3n) is 2.56. The smallest absolute Gasteiger partial charge is 0.257 e. The standard InChI is InChI=1S/C13H11BrClN3O2/c1-20-8-2-3-11(16)9(5-8)13(19)18-7-4-10(14)12(15)17-6-7/h2-6H,16H2,1H3,(H,18,19). The van der Waals surface area contributed by atoms with Crippen LogP contribution in [-0.4, -0.2) is 18.0 Å². The minimum atomic E-state index is -0.350. The van der Waals surface area contributed by atoms with Gasteiger partial charge in [-0.2, -0.15) is 0 Å². The topological polar surface area (TPSA) is 77.2 Å². The van der Waals surface area contributed by atoms with E-state index in [0.29, 0.717) is 32.3 Å². The molecule has 1 aromatic heterocycles. The first kappa shape index (κ1) is 14.6. The highest BCUT2D eigenvalue weighted by atomic mass is 79.9. The van der Waals surface area contributed by atoms with E-state index in [1.807, 2.05) is 0 Å². The molecule has 1 aromatic carbocycles. The molecule has 0 aliphatic heterocycles. The lowest BCUT2D eigenvalue weighted by atomic mass is 10.1. The summed E-state index contributed by atoms with van der Waals surface area (Å²) in [5.41, 5.74) is 6.99. The Bertz CT molecular complexity index is 664. The highest BCUT2D eigenvalue weighted by molar-refractivity contribution is 9.10. The summed E-state index contributed by atoms with van der Waals surface area (Å²) in [4.78, 5) is 16.1. The fourth-order valence-electron chi connectivity index (χ4n) is 1.55. The third kappa shape index (κ3) is 3.20. The molecule has 104 valence electrons. The maximum absolute atomic E-state index is 12.2. The quantitative estimate of drug-likeness (QED) is 0.653. The molecule has 20 heavy (non-hydrogen) atoms. The van der Waals surface area contributed by atoms with Gasteiger partial charge in [0.2, 0.25) is 0 Å². The molecular formula is C13H11BrClN3O2. The average molecular weight is 357 g/mol. The molecule has 3 N–H and O–H groups in total. The van der Waals surface area contributed by atoms with Crippen LogP contribution in [0, 0.1) is 0 Å². The molecule has 1 heterocycles. The van der Waals surface area contributed by atoms with E-state index in [-0.39, 0.29) is 5.91 Å². The van der Waals surface area contributed by atoms with Crippen LogP contribution >= 0.6 is 27.5 Å². The number of hydrogen-bond acceptors (Lipinski definition) is 4. The third-order valence-corrected chi connectivity index (χ3v) is 3.69. The van der Waals surface area contributed by atoms with Crippen molar-refractivity contribution in [1.82, 2.24) is 4.98 Å². The summed E-state index contributed by atoms with van der Waals surface area (Å²) in [6, 6.07) is 6.53. The number of nitrogen functional groups attached to an aromatic ring is 1. The van der Waals surface area contributed by atoms with Crippen LogP contribution in [0.15, 0.2) is 34.9 Å². The first-order valence-corrected chi connectivity index (χ1v) is 6.74. The van der Waals surface area contributed by atoms with Gasteiger partial charge in [0.1, 0.15) is 10.9 Å². The zero-order valence-electron chi connectivity index (χ0n) is 10.5. The minimum absolute atomic E-state index is 0.323. The van der Waals surface area contributed by atoms with Crippen molar-refractivity contribution in [3.05, 3.63) is 45.7 Å². The summed E-state index contributed by atoms with van der Waals surface area (Å²) < 4.78 is 5.67. The van der Waals surface area contributed by atoms with Gasteiger partial charge in [-0.05, 0) is 40.2 Å². The highest BCUT2D eigenvalue weighted by Crippen LogP contribution is 2.24. The maximum atomic E-state index is 12.2. The van der Waals surface area contributed by atoms with E-state index >= 15 is 0 Å². The van der Waals surface area contributed by atoms with E-state index in [0.717, 1.165) is 0 Å². The highest BCUT2D eigenvalue weighted by Gasteiger charge is 2.12. The number of ether oxygens (including phenoxy) is 1. The number of anilines is 2. The zero-order chi connectivity index (χ0) is 14.7. The maximum Gasteiger partial charge on any atom is 0.257 e. The number of nitrogens with two attached hydrogens (primary N) is 1. The summed E-state index contributed by atoms with van der Waals surface area (Å²) in [7, 11) is 1.52. The van der Waals surface area contributed by atoms with E-state index in [2.05, 4.69) is 26.2 Å². The number of amides is 1. The van der Waals surface area contributed by atoms with Crippen LogP contribution in [0.3, 0.4) is 0 Å². The summed E-state index contributed by atoms with van der Waals surface area (Å²) in [5, 5.41) is 3.02. The number of methoxy groups -OCH3 is 1. The first-order chi connectivity index (χ1) is 9.51. The Balaban J connectivity index is 2.25. The second kappa shape index (κ2) is 6.11. The molecule has 0 bridgehead atoms. The Morgan fingerprint density at radius 3 is 2.85 bits per heavy atom. The second-order valence-electron chi connectivity index (χ2n) is 3.90. The van der Waals surface area contributed by atoms with Gasteiger partial charge < -0.3 is 15.8 Å². The van der Waals surface area contributed by atoms with Crippen molar-refractivity contribution in [2.24, 2.45) is 0 Å². The molecule has 0 atom stereocenters. The number of hydrogen-bond donors (Lipinski definition) is 2. The van der Waals surface area contributed by atoms with Gasteiger partial charge in [-0.1, -0.05) is 11.6 Å². The van der Waals surface area contributed by atoms with Crippen molar-refractivity contribution in [1.29, 1.82) is 0 Å². The molecule has 2 aromatic rings. The van der Waals surface area contributed by atoms with Crippen molar-refractivity contribution in [2.75, 3.05) is 18.2 Å². The summed E-state index contributed by atoms with van der Waals surface area (Å²) in [6.45, 7) is 0. The molecule has 5 nitrogen and oxygen atoms in total. The van der Waals surface area contributed by atoms with E-state index < -0.39 is 0 Å². The van der Waals surface area contributed by atoms with E-state index in [4.69, 9.17) is 22.1 Å². The van der Waals surface area contributed by atoms with Gasteiger partial charge in [-0.25, -0.2) is 4.98 Å². The molecule has 0 saturated carbocycles. The van der Waals surface area contributed by atoms with Gasteiger partial charge in [0, 0.05) is 5.69 Å². The summed E-state index contributed by atoms with van der Waals surface area (Å²) in [5.74, 6) is 0.206. The number of rotatable bonds is 3. The number of carbonyl (C=O) groups excluding carboxylic acids is 1. The monoisotopic (exact) mass is 355 g/mol. The fourth-order valence-corrected chi connectivity index (χ4v) is 2.00. The van der Waals surface area contributed by atoms with Crippen molar-refractivity contribution in [3.8, 4) is 5.75 Å². The predicted molar refractivity (Wildman–Crippen MR) is 82.3 cm³/mol. The number of nitrogens with zero attached hydrogens (tertiary/aromatic N) is 1. The number of halogens is 2. The molecular weight excluding hydrogens is 346 g/mol. The average Bonchev–Trinajstić information content (AvgIpc) is 2.43. The van der Waals surface area contributed by atoms with Crippen molar-refractivity contribution in [2.45, 2.75) is 0 Å². The summed E-state index contributed by atoms with van der Waals surface area (Å²) in [6.07, 6.45) is 1.46. The molecule has 0 fully saturated rings. The molecule has 0 aliphatic rings. The van der Waals surface area contributed by atoms with Crippen molar-refractivity contribution >= 4 is 44.8 Å². The zero-order valence-corrected chi connectivity index (χ0v) is 12.8. The van der Waals surface area contributed by atoms with Crippen LogP contribution in [0.5, 0.6) is 5.75 Å². The Labute approximate surface area is 129 Å². The van der Waals surface area contributed by atoms with Crippen LogP contribution in [0.1, 0.15) is 10.4 Å². The number of aromatic nitrogens is 1. The van der Waals surface area contributed by atoms with Gasteiger partial charge >= 0.3 is 0 Å². The Morgan fingerprint density at radius 2 is 2.20 bits per heavy atom. The lowest BCUT2D eigenvalue weighted by molar-refractivity contribution is 0.102. The van der Waals surface area contributed by atoms with Gasteiger partial charge in [-0.3, -0.25) is 4.79 Å². The predicted octanol–water partition coefficient (Wildman–Crippen LogP) is 3.34. The van der Waals surface area contributed by atoms with Gasteiger partial charge in [0.25, 0.3) is 5.91 Å². The van der Waals surface area contributed by atoms with Crippen LogP contribution < -0.4 is 15.8 Å². The van der Waals surface area contributed by atoms with Crippen LogP contribution in [-0.2, 0) is 0 Å². The number of carbonyl (C=O) groups is 1. The van der Waals surface area contributed by atoms with Crippen LogP contribution in [0.25, 0.3) is 0 Å². The Hall–Kier alpha value is -1.79. The molecule has 7 heteroatoms. The SMILES string of the molecule is COc1ccc(N)c(C(=O)Nc2cnc(Cl)c(Br)c2)c1. The van der Waals surface area contributed by atoms with Gasteiger partial charge in [-0.15, -0.1) is 0 Å². The van der Waals surface area contributed by atoms with Crippen molar-refractivity contribution < 1.29 is 9.53 Å². The molecule has 0 radical (unpaired) electrons. The largest absolute Gasteiger partial charge is 0.497 e. The molecule has 0 spiro atoms. The molecule has 0 saturated heterocycles. The van der Waals surface area contributed by atoms with E-state index in [1.165, 1.54) is 13.3 Å². The number of benzene rings is 1. The second-order valence-corrected chi connectivity index (χ2v) is 5.12. The lowest BCUT2D eigenvalue weighted by Gasteiger charge is -2.09. The minimum Gasteiger partial charge on any atom is -0.497 e. The van der Waals surface area contributed by atoms with E-state index in [1.54, 1.807) is 24.3 Å². The van der Waals surface area contributed by atoms with Crippen LogP contribution in [0.4, 0.5) is 11.4 Å². The number of pyridine rings is 1. The molecule has 1 amide bonds. The lowest BCUT2D eigenvalue weighted by Crippen LogP contribution is -2.14. The van der Waals surface area contributed by atoms with Crippen LogP contribution in [0.2, 0.25) is 5.15 Å².